The van der Waals surface area contributed by atoms with E-state index in [2.05, 4.69) is 19.9 Å². The summed E-state index contributed by atoms with van der Waals surface area (Å²) in [5.41, 5.74) is 30.4. The van der Waals surface area contributed by atoms with Crippen molar-refractivity contribution >= 4 is 44.1 Å². The fourth-order valence-corrected chi connectivity index (χ4v) is 4.63. The summed E-state index contributed by atoms with van der Waals surface area (Å²) in [4.78, 5) is 37.3. The molecule has 0 fully saturated rings. The second-order valence-electron chi connectivity index (χ2n) is 9.27. The summed E-state index contributed by atoms with van der Waals surface area (Å²) in [5, 5.41) is 0. The number of nitrogens with one attached hydrogen (secondary N) is 2. The first-order valence-corrected chi connectivity index (χ1v) is 15.0. The van der Waals surface area contributed by atoms with Crippen LogP contribution in [0.2, 0.25) is 0 Å². The van der Waals surface area contributed by atoms with Crippen LogP contribution in [0.25, 0.3) is 22.3 Å². The lowest BCUT2D eigenvalue weighted by atomic mass is 9.89. The Morgan fingerprint density at radius 1 is 0.600 bits per heavy atom. The maximum atomic E-state index is 11.9. The van der Waals surface area contributed by atoms with E-state index in [1.54, 1.807) is 12.1 Å². The van der Waals surface area contributed by atoms with Crippen LogP contribution in [0, 0.1) is 0 Å². The van der Waals surface area contributed by atoms with Gasteiger partial charge in [-0.15, -0.1) is 0 Å². The van der Waals surface area contributed by atoms with Crippen LogP contribution >= 0.6 is 0 Å². The second kappa shape index (κ2) is 14.3. The molecule has 0 atom stereocenters. The topological polar surface area (TPSA) is 376 Å². The summed E-state index contributed by atoms with van der Waals surface area (Å²) < 4.78 is 63.2. The number of aromatic nitrogens is 4. The molecule has 0 radical (unpaired) electrons. The summed E-state index contributed by atoms with van der Waals surface area (Å²) in [5.74, 6) is 0.347. The number of nitrogen functional groups attached to an aromatic ring is 4. The molecule has 0 spiro atoms. The van der Waals surface area contributed by atoms with Crippen molar-refractivity contribution in [1.82, 2.24) is 19.9 Å². The van der Waals surface area contributed by atoms with Gasteiger partial charge in [0.25, 0.3) is 11.1 Å². The molecule has 19 nitrogen and oxygen atoms in total. The van der Waals surface area contributed by atoms with Crippen LogP contribution in [0.5, 0.6) is 0 Å². The first kappa shape index (κ1) is 36.3. The van der Waals surface area contributed by atoms with Gasteiger partial charge in [0.2, 0.25) is 11.9 Å². The van der Waals surface area contributed by atoms with Gasteiger partial charge in [0.1, 0.15) is 0 Å². The minimum atomic E-state index is -4.67. The number of fused-ring (bicyclic) bond motifs is 6. The minimum absolute atomic E-state index is 0. The van der Waals surface area contributed by atoms with Crippen LogP contribution < -0.4 is 34.1 Å². The Bertz CT molecular complexity index is 1880. The van der Waals surface area contributed by atoms with Gasteiger partial charge in [0.05, 0.1) is 22.5 Å². The molecule has 0 bridgehead atoms. The van der Waals surface area contributed by atoms with Crippen molar-refractivity contribution in [3.63, 3.8) is 0 Å². The summed E-state index contributed by atoms with van der Waals surface area (Å²) in [6.45, 7) is 0. The van der Waals surface area contributed by atoms with E-state index < -0.39 is 20.8 Å². The number of anilines is 4. The Balaban J connectivity index is 0.000000239. The van der Waals surface area contributed by atoms with E-state index in [0.29, 0.717) is 22.5 Å². The van der Waals surface area contributed by atoms with E-state index >= 15 is 0 Å². The fraction of sp³-hybridized carbons (Fsp3) is 0.167. The fourth-order valence-electron chi connectivity index (χ4n) is 4.63. The van der Waals surface area contributed by atoms with E-state index in [9.17, 15) is 9.59 Å². The van der Waals surface area contributed by atoms with Gasteiger partial charge in [-0.05, 0) is 72.2 Å². The van der Waals surface area contributed by atoms with Crippen molar-refractivity contribution in [1.29, 1.82) is 0 Å². The van der Waals surface area contributed by atoms with Gasteiger partial charge >= 0.3 is 20.8 Å². The Morgan fingerprint density at radius 3 is 1.22 bits per heavy atom. The van der Waals surface area contributed by atoms with Crippen LogP contribution in [0.3, 0.4) is 0 Å². The molecule has 0 amide bonds. The van der Waals surface area contributed by atoms with Crippen molar-refractivity contribution in [2.24, 2.45) is 0 Å². The Labute approximate surface area is 254 Å². The molecule has 2 aliphatic carbocycles. The third-order valence-corrected chi connectivity index (χ3v) is 6.08. The smallest absolute Gasteiger partial charge is 0.394 e. The molecule has 0 saturated heterocycles. The maximum absolute atomic E-state index is 11.9. The predicted octanol–water partition coefficient (Wildman–Crippen LogP) is -0.730. The lowest BCUT2D eigenvalue weighted by molar-refractivity contribution is 0.378. The highest BCUT2D eigenvalue weighted by Gasteiger charge is 2.22. The molecule has 2 aliphatic rings. The maximum Gasteiger partial charge on any atom is 0.394 e. The quantitative estimate of drug-likeness (QED) is 0.0813. The molecule has 21 heteroatoms. The Morgan fingerprint density at radius 2 is 0.911 bits per heavy atom. The zero-order valence-corrected chi connectivity index (χ0v) is 24.7. The van der Waals surface area contributed by atoms with Gasteiger partial charge in [-0.3, -0.25) is 37.8 Å². The van der Waals surface area contributed by atoms with Crippen molar-refractivity contribution in [2.45, 2.75) is 25.7 Å². The van der Waals surface area contributed by atoms with E-state index in [1.165, 1.54) is 0 Å². The average molecular weight is 671 g/mol. The SMILES string of the molecule is Nc1ccc2c(c1)CCc1nc(N)[nH]c(=O)c1-2.Nc1ccc2c(c1)CCc1nc(N)[nH]c(=O)c1-2.O.O=S(=O)(O)O.O=S(=O)(O)O. The molecule has 4 aromatic rings. The first-order chi connectivity index (χ1) is 20.3. The van der Waals surface area contributed by atoms with Crippen LogP contribution in [-0.2, 0) is 46.5 Å². The summed E-state index contributed by atoms with van der Waals surface area (Å²) in [7, 11) is -9.33. The van der Waals surface area contributed by atoms with Gasteiger partial charge in [0, 0.05) is 11.4 Å². The lowest BCUT2D eigenvalue weighted by Crippen LogP contribution is -2.20. The molecule has 6 rings (SSSR count). The van der Waals surface area contributed by atoms with Crippen molar-refractivity contribution in [3.05, 3.63) is 79.6 Å². The average Bonchev–Trinajstić information content (AvgIpc) is 2.86. The molecular formula is C24H30N8O11S2. The van der Waals surface area contributed by atoms with Gasteiger partial charge in [-0.1, -0.05) is 12.1 Å². The van der Waals surface area contributed by atoms with Gasteiger partial charge in [0.15, 0.2) is 0 Å². The number of aryl methyl sites for hydroxylation is 4. The molecular weight excluding hydrogens is 640 g/mol. The largest absolute Gasteiger partial charge is 0.412 e. The number of H-pyrrole nitrogens is 2. The number of nitrogens with two attached hydrogens (primary N) is 4. The minimum Gasteiger partial charge on any atom is -0.412 e. The molecule has 2 aromatic carbocycles. The number of hydrogen-bond donors (Lipinski definition) is 10. The molecule has 0 unspecified atom stereocenters. The van der Waals surface area contributed by atoms with E-state index in [4.69, 9.17) is 58.0 Å². The molecule has 45 heavy (non-hydrogen) atoms. The molecule has 244 valence electrons. The number of hydrogen-bond acceptors (Lipinski definition) is 12. The van der Waals surface area contributed by atoms with Crippen LogP contribution in [-0.4, -0.2) is 60.5 Å². The van der Waals surface area contributed by atoms with Crippen LogP contribution in [0.1, 0.15) is 22.5 Å². The van der Waals surface area contributed by atoms with E-state index in [1.807, 2.05) is 24.3 Å². The van der Waals surface area contributed by atoms with Crippen LogP contribution in [0.4, 0.5) is 23.3 Å². The lowest BCUT2D eigenvalue weighted by Gasteiger charge is -2.18. The highest BCUT2D eigenvalue weighted by atomic mass is 32.3. The highest BCUT2D eigenvalue weighted by molar-refractivity contribution is 7.80. The number of nitrogens with zero attached hydrogens (tertiary/aromatic N) is 2. The molecule has 2 heterocycles. The number of benzene rings is 2. The second-order valence-corrected chi connectivity index (χ2v) is 11.1. The van der Waals surface area contributed by atoms with Crippen LogP contribution in [0.15, 0.2) is 46.0 Å². The molecule has 0 saturated carbocycles. The number of aromatic amines is 2. The van der Waals surface area contributed by atoms with Crippen molar-refractivity contribution in [3.8, 4) is 22.3 Å². The summed E-state index contributed by atoms with van der Waals surface area (Å²) in [6, 6.07) is 11.2. The molecule has 16 N–H and O–H groups in total. The monoisotopic (exact) mass is 670 g/mol. The van der Waals surface area contributed by atoms with Gasteiger partial charge in [-0.25, -0.2) is 9.97 Å². The van der Waals surface area contributed by atoms with E-state index in [0.717, 1.165) is 59.3 Å². The van der Waals surface area contributed by atoms with E-state index in [-0.39, 0.29) is 28.5 Å². The zero-order chi connectivity index (χ0) is 33.0. The Hall–Kier alpha value is -4.90. The summed E-state index contributed by atoms with van der Waals surface area (Å²) in [6.07, 6.45) is 3.12. The summed E-state index contributed by atoms with van der Waals surface area (Å²) >= 11 is 0. The predicted molar refractivity (Wildman–Crippen MR) is 165 cm³/mol. The zero-order valence-electron chi connectivity index (χ0n) is 23.1. The normalized spacial score (nSPS) is 12.4. The van der Waals surface area contributed by atoms with Gasteiger partial charge < -0.3 is 28.4 Å². The third-order valence-electron chi connectivity index (χ3n) is 6.08. The molecule has 0 aliphatic heterocycles. The van der Waals surface area contributed by atoms with Crippen molar-refractivity contribution in [2.75, 3.05) is 22.9 Å². The first-order valence-electron chi connectivity index (χ1n) is 12.2. The van der Waals surface area contributed by atoms with Crippen molar-refractivity contribution < 1.29 is 40.5 Å². The Kier molecular flexibility index (Phi) is 11.5. The molecule has 2 aromatic heterocycles. The standard InChI is InChI=1S/2C12H12N4O.2H2O4S.H2O/c2*13-7-2-3-8-6(5-7)1-4-9-10(8)11(17)16-12(14)15-9;2*1-5(2,3)4;/h2*2-3,5H,1,4,13H2,(H3,14,15,16,17);2*(H2,1,2,3,4);1H2. The highest BCUT2D eigenvalue weighted by Crippen LogP contribution is 2.32. The number of rotatable bonds is 0. The van der Waals surface area contributed by atoms with Gasteiger partial charge in [-0.2, -0.15) is 16.8 Å². The third kappa shape index (κ3) is 10.6.